The zero-order valence-electron chi connectivity index (χ0n) is 7.64. The molecule has 1 fully saturated rings. The van der Waals surface area contributed by atoms with Crippen molar-refractivity contribution in [2.45, 2.75) is 13.3 Å². The quantitative estimate of drug-likeness (QED) is 0.631. The first-order chi connectivity index (χ1) is 5.66. The molecule has 4 nitrogen and oxygen atoms in total. The number of amides is 2. The molecule has 1 atom stereocenters. The molecule has 0 aliphatic carbocycles. The lowest BCUT2D eigenvalue weighted by molar-refractivity contribution is 0.158. The van der Waals surface area contributed by atoms with Gasteiger partial charge in [0, 0.05) is 25.6 Å². The Hall–Kier alpha value is -0.770. The van der Waals surface area contributed by atoms with E-state index in [1.54, 1.807) is 7.05 Å². The molecule has 70 valence electrons. The molecule has 2 N–H and O–H groups in total. The van der Waals surface area contributed by atoms with Gasteiger partial charge < -0.3 is 15.4 Å². The summed E-state index contributed by atoms with van der Waals surface area (Å²) in [4.78, 5) is 10.8. The van der Waals surface area contributed by atoms with Crippen LogP contribution in [-0.4, -0.2) is 32.8 Å². The summed E-state index contributed by atoms with van der Waals surface area (Å²) in [6.45, 7) is 4.37. The standard InChI is InChI=1S/C8H16N2O2/c1-8(3-4-12-6-8)5-10-7(11)9-2/h3-6H2,1-2H3,(H2,9,10,11). The minimum absolute atomic E-state index is 0.122. The number of rotatable bonds is 2. The molecule has 0 radical (unpaired) electrons. The van der Waals surface area contributed by atoms with Crippen LogP contribution >= 0.6 is 0 Å². The number of carbonyl (C=O) groups is 1. The van der Waals surface area contributed by atoms with Crippen molar-refractivity contribution in [3.63, 3.8) is 0 Å². The third-order valence-corrected chi connectivity index (χ3v) is 2.20. The molecular formula is C8H16N2O2. The normalized spacial score (nSPS) is 28.5. The lowest BCUT2D eigenvalue weighted by Gasteiger charge is -2.21. The highest BCUT2D eigenvalue weighted by atomic mass is 16.5. The highest BCUT2D eigenvalue weighted by molar-refractivity contribution is 5.73. The second kappa shape index (κ2) is 3.76. The van der Waals surface area contributed by atoms with E-state index in [-0.39, 0.29) is 11.4 Å². The van der Waals surface area contributed by atoms with Gasteiger partial charge in [-0.15, -0.1) is 0 Å². The fraction of sp³-hybridized carbons (Fsp3) is 0.875. The van der Waals surface area contributed by atoms with Crippen LogP contribution in [0.15, 0.2) is 0 Å². The van der Waals surface area contributed by atoms with Crippen LogP contribution < -0.4 is 10.6 Å². The van der Waals surface area contributed by atoms with Gasteiger partial charge in [-0.3, -0.25) is 0 Å². The fourth-order valence-corrected chi connectivity index (χ4v) is 1.23. The maximum absolute atomic E-state index is 10.8. The van der Waals surface area contributed by atoms with Gasteiger partial charge in [-0.05, 0) is 6.42 Å². The first-order valence-electron chi connectivity index (χ1n) is 4.20. The molecule has 1 heterocycles. The van der Waals surface area contributed by atoms with Gasteiger partial charge in [-0.1, -0.05) is 6.92 Å². The lowest BCUT2D eigenvalue weighted by Crippen LogP contribution is -2.40. The molecule has 0 aromatic rings. The van der Waals surface area contributed by atoms with E-state index in [1.807, 2.05) is 0 Å². The summed E-state index contributed by atoms with van der Waals surface area (Å²) in [5, 5.41) is 5.30. The third kappa shape index (κ3) is 2.37. The van der Waals surface area contributed by atoms with Crippen LogP contribution in [0.2, 0.25) is 0 Å². The molecule has 1 aliphatic heterocycles. The first kappa shape index (κ1) is 9.32. The molecule has 1 rings (SSSR count). The van der Waals surface area contributed by atoms with E-state index in [0.29, 0.717) is 6.54 Å². The SMILES string of the molecule is CNC(=O)NCC1(C)CCOC1. The molecule has 0 aromatic carbocycles. The van der Waals surface area contributed by atoms with Crippen molar-refractivity contribution >= 4 is 6.03 Å². The van der Waals surface area contributed by atoms with Crippen molar-refractivity contribution in [3.05, 3.63) is 0 Å². The van der Waals surface area contributed by atoms with Crippen LogP contribution in [0.4, 0.5) is 4.79 Å². The molecule has 0 bridgehead atoms. The maximum atomic E-state index is 10.8. The molecule has 2 amide bonds. The molecule has 1 unspecified atom stereocenters. The van der Waals surface area contributed by atoms with E-state index in [0.717, 1.165) is 19.6 Å². The molecule has 0 spiro atoms. The predicted molar refractivity (Wildman–Crippen MR) is 46.0 cm³/mol. The Morgan fingerprint density at radius 3 is 2.92 bits per heavy atom. The topological polar surface area (TPSA) is 50.4 Å². The molecule has 12 heavy (non-hydrogen) atoms. The summed E-state index contributed by atoms with van der Waals surface area (Å²) in [6.07, 6.45) is 1.02. The highest BCUT2D eigenvalue weighted by Gasteiger charge is 2.29. The summed E-state index contributed by atoms with van der Waals surface area (Å²) in [6, 6.07) is -0.122. The average Bonchev–Trinajstić information content (AvgIpc) is 2.49. The van der Waals surface area contributed by atoms with Gasteiger partial charge in [0.1, 0.15) is 0 Å². The molecule has 1 saturated heterocycles. The second-order valence-corrected chi connectivity index (χ2v) is 3.55. The number of carbonyl (C=O) groups excluding carboxylic acids is 1. The second-order valence-electron chi connectivity index (χ2n) is 3.55. The van der Waals surface area contributed by atoms with Crippen LogP contribution in [0.5, 0.6) is 0 Å². The number of nitrogens with one attached hydrogen (secondary N) is 2. The minimum Gasteiger partial charge on any atom is -0.381 e. The minimum atomic E-state index is -0.122. The van der Waals surface area contributed by atoms with Crippen LogP contribution in [0, 0.1) is 5.41 Å². The number of urea groups is 1. The molecule has 0 saturated carbocycles. The van der Waals surface area contributed by atoms with Crippen LogP contribution in [0.25, 0.3) is 0 Å². The van der Waals surface area contributed by atoms with E-state index < -0.39 is 0 Å². The van der Waals surface area contributed by atoms with E-state index in [4.69, 9.17) is 4.74 Å². The summed E-state index contributed by atoms with van der Waals surface area (Å²) in [5.41, 5.74) is 0.131. The van der Waals surface area contributed by atoms with Gasteiger partial charge in [0.15, 0.2) is 0 Å². The first-order valence-corrected chi connectivity index (χ1v) is 4.20. The van der Waals surface area contributed by atoms with Gasteiger partial charge in [0.25, 0.3) is 0 Å². The fourth-order valence-electron chi connectivity index (χ4n) is 1.23. The summed E-state index contributed by atoms with van der Waals surface area (Å²) >= 11 is 0. The van der Waals surface area contributed by atoms with Crippen LogP contribution in [-0.2, 0) is 4.74 Å². The van der Waals surface area contributed by atoms with Crippen molar-refractivity contribution < 1.29 is 9.53 Å². The monoisotopic (exact) mass is 172 g/mol. The Kier molecular flexibility index (Phi) is 2.92. The molecule has 1 aliphatic rings. The van der Waals surface area contributed by atoms with Gasteiger partial charge >= 0.3 is 6.03 Å². The van der Waals surface area contributed by atoms with Crippen molar-refractivity contribution in [2.24, 2.45) is 5.41 Å². The number of ether oxygens (including phenoxy) is 1. The van der Waals surface area contributed by atoms with Crippen molar-refractivity contribution in [1.29, 1.82) is 0 Å². The Labute approximate surface area is 72.7 Å². The summed E-state index contributed by atoms with van der Waals surface area (Å²) < 4.78 is 5.25. The molecule has 0 aromatic heterocycles. The molecular weight excluding hydrogens is 156 g/mol. The van der Waals surface area contributed by atoms with Gasteiger partial charge in [-0.25, -0.2) is 4.79 Å². The Bertz CT molecular complexity index is 164. The largest absolute Gasteiger partial charge is 0.381 e. The van der Waals surface area contributed by atoms with Crippen LogP contribution in [0.1, 0.15) is 13.3 Å². The van der Waals surface area contributed by atoms with E-state index in [1.165, 1.54) is 0 Å². The maximum Gasteiger partial charge on any atom is 0.314 e. The summed E-state index contributed by atoms with van der Waals surface area (Å²) in [5.74, 6) is 0. The van der Waals surface area contributed by atoms with E-state index in [2.05, 4.69) is 17.6 Å². The van der Waals surface area contributed by atoms with Crippen molar-refractivity contribution in [1.82, 2.24) is 10.6 Å². The van der Waals surface area contributed by atoms with Crippen molar-refractivity contribution in [3.8, 4) is 0 Å². The predicted octanol–water partition coefficient (Wildman–Crippen LogP) is 0.342. The number of hydrogen-bond acceptors (Lipinski definition) is 2. The Morgan fingerprint density at radius 2 is 2.42 bits per heavy atom. The third-order valence-electron chi connectivity index (χ3n) is 2.20. The highest BCUT2D eigenvalue weighted by Crippen LogP contribution is 2.26. The van der Waals surface area contributed by atoms with Crippen LogP contribution in [0.3, 0.4) is 0 Å². The van der Waals surface area contributed by atoms with Gasteiger partial charge in [0.05, 0.1) is 6.61 Å². The van der Waals surface area contributed by atoms with Gasteiger partial charge in [-0.2, -0.15) is 0 Å². The average molecular weight is 172 g/mol. The molecule has 4 heteroatoms. The van der Waals surface area contributed by atoms with E-state index >= 15 is 0 Å². The Balaban J connectivity index is 2.25. The Morgan fingerprint density at radius 1 is 1.67 bits per heavy atom. The zero-order valence-corrected chi connectivity index (χ0v) is 7.64. The van der Waals surface area contributed by atoms with Gasteiger partial charge in [0.2, 0.25) is 0 Å². The van der Waals surface area contributed by atoms with Crippen molar-refractivity contribution in [2.75, 3.05) is 26.8 Å². The lowest BCUT2D eigenvalue weighted by atomic mass is 9.90. The van der Waals surface area contributed by atoms with E-state index in [9.17, 15) is 4.79 Å². The summed E-state index contributed by atoms with van der Waals surface area (Å²) in [7, 11) is 1.61. The smallest absolute Gasteiger partial charge is 0.314 e. The zero-order chi connectivity index (χ0) is 9.03. The number of hydrogen-bond donors (Lipinski definition) is 2.